The Bertz CT molecular complexity index is 1120. The minimum atomic E-state index is -0.414. The second-order valence-corrected chi connectivity index (χ2v) is 7.45. The van der Waals surface area contributed by atoms with Gasteiger partial charge in [-0.15, -0.1) is 0 Å². The summed E-state index contributed by atoms with van der Waals surface area (Å²) >= 11 is 6.10. The van der Waals surface area contributed by atoms with Gasteiger partial charge in [0.05, 0.1) is 19.9 Å². The molecule has 1 N–H and O–H groups in total. The zero-order valence-electron chi connectivity index (χ0n) is 18.3. The zero-order chi connectivity index (χ0) is 23.6. The largest absolute Gasteiger partial charge is 0.493 e. The summed E-state index contributed by atoms with van der Waals surface area (Å²) in [6.07, 6.45) is 2.30. The van der Waals surface area contributed by atoms with Crippen molar-refractivity contribution < 1.29 is 23.4 Å². The van der Waals surface area contributed by atoms with Gasteiger partial charge in [0, 0.05) is 16.1 Å². The van der Waals surface area contributed by atoms with Gasteiger partial charge in [-0.3, -0.25) is 4.79 Å². The third-order valence-electron chi connectivity index (χ3n) is 4.54. The fourth-order valence-electron chi connectivity index (χ4n) is 2.86. The van der Waals surface area contributed by atoms with Crippen molar-refractivity contribution in [3.05, 3.63) is 88.2 Å². The van der Waals surface area contributed by atoms with Gasteiger partial charge in [0.2, 0.25) is 0 Å². The van der Waals surface area contributed by atoms with E-state index < -0.39 is 5.91 Å². The number of nitrogens with one attached hydrogen (secondary N) is 1. The van der Waals surface area contributed by atoms with Crippen molar-refractivity contribution in [3.63, 3.8) is 0 Å². The van der Waals surface area contributed by atoms with Gasteiger partial charge in [0.25, 0.3) is 5.91 Å². The van der Waals surface area contributed by atoms with Gasteiger partial charge >= 0.3 is 0 Å². The first-order valence-electron chi connectivity index (χ1n) is 10.3. The third-order valence-corrected chi connectivity index (χ3v) is 4.77. The van der Waals surface area contributed by atoms with Crippen molar-refractivity contribution in [1.29, 1.82) is 0 Å². The second-order valence-electron chi connectivity index (χ2n) is 7.01. The molecule has 1 amide bonds. The normalized spacial score (nSPS) is 10.8. The SMILES string of the molecule is CCCOc1ccc(C(=O)N/N=C/c2cc(Cl)ccc2OCc2ccc(F)cc2)cc1OC. The van der Waals surface area contributed by atoms with Crippen LogP contribution < -0.4 is 19.6 Å². The zero-order valence-corrected chi connectivity index (χ0v) is 19.1. The molecule has 172 valence electrons. The lowest BCUT2D eigenvalue weighted by molar-refractivity contribution is 0.0954. The Labute approximate surface area is 196 Å². The summed E-state index contributed by atoms with van der Waals surface area (Å²) in [6.45, 7) is 2.80. The lowest BCUT2D eigenvalue weighted by Gasteiger charge is -2.11. The van der Waals surface area contributed by atoms with Crippen LogP contribution in [0, 0.1) is 5.82 Å². The fraction of sp³-hybridized carbons (Fsp3) is 0.200. The molecule has 0 spiro atoms. The summed E-state index contributed by atoms with van der Waals surface area (Å²) in [7, 11) is 1.51. The molecule has 0 fully saturated rings. The number of ether oxygens (including phenoxy) is 3. The fourth-order valence-corrected chi connectivity index (χ4v) is 3.04. The summed E-state index contributed by atoms with van der Waals surface area (Å²) in [5, 5.41) is 4.52. The molecule has 3 aromatic carbocycles. The molecular weight excluding hydrogens is 447 g/mol. The highest BCUT2D eigenvalue weighted by molar-refractivity contribution is 6.30. The molecule has 0 aliphatic heterocycles. The second kappa shape index (κ2) is 11.9. The van der Waals surface area contributed by atoms with E-state index in [1.807, 2.05) is 6.92 Å². The Kier molecular flexibility index (Phi) is 8.66. The Hall–Kier alpha value is -3.58. The van der Waals surface area contributed by atoms with Crippen LogP contribution >= 0.6 is 11.6 Å². The van der Waals surface area contributed by atoms with Gasteiger partial charge in [-0.2, -0.15) is 5.10 Å². The molecule has 0 unspecified atom stereocenters. The summed E-state index contributed by atoms with van der Waals surface area (Å²) in [4.78, 5) is 12.5. The van der Waals surface area contributed by atoms with E-state index in [-0.39, 0.29) is 12.4 Å². The van der Waals surface area contributed by atoms with Crippen LogP contribution in [0.1, 0.15) is 34.8 Å². The molecule has 0 atom stereocenters. The highest BCUT2D eigenvalue weighted by Crippen LogP contribution is 2.28. The molecule has 8 heteroatoms. The van der Waals surface area contributed by atoms with Crippen LogP contribution in [0.25, 0.3) is 0 Å². The number of amides is 1. The van der Waals surface area contributed by atoms with E-state index in [1.54, 1.807) is 48.5 Å². The number of hydrogen-bond acceptors (Lipinski definition) is 5. The van der Waals surface area contributed by atoms with Crippen molar-refractivity contribution in [2.24, 2.45) is 5.10 Å². The number of carbonyl (C=O) groups is 1. The lowest BCUT2D eigenvalue weighted by atomic mass is 10.2. The number of nitrogens with zero attached hydrogens (tertiary/aromatic N) is 1. The number of hydrogen-bond donors (Lipinski definition) is 1. The van der Waals surface area contributed by atoms with Crippen LogP contribution in [0.15, 0.2) is 65.8 Å². The van der Waals surface area contributed by atoms with Crippen molar-refractivity contribution in [3.8, 4) is 17.2 Å². The minimum absolute atomic E-state index is 0.237. The first-order chi connectivity index (χ1) is 16.0. The maximum atomic E-state index is 13.1. The standard InChI is InChI=1S/C25H24ClFN2O4/c1-3-12-32-23-10-6-18(14-24(23)31-2)25(30)29-28-15-19-13-20(26)7-11-22(19)33-16-17-4-8-21(27)9-5-17/h4-11,13-15H,3,12,16H2,1-2H3,(H,29,30)/b28-15+. The molecule has 3 rings (SSSR count). The van der Waals surface area contributed by atoms with Crippen molar-refractivity contribution >= 4 is 23.7 Å². The summed E-state index contributed by atoms with van der Waals surface area (Å²) in [5.41, 5.74) is 4.23. The Morgan fingerprint density at radius 1 is 1.03 bits per heavy atom. The lowest BCUT2D eigenvalue weighted by Crippen LogP contribution is -2.17. The topological polar surface area (TPSA) is 69.2 Å². The average Bonchev–Trinajstić information content (AvgIpc) is 2.83. The minimum Gasteiger partial charge on any atom is -0.493 e. The van der Waals surface area contributed by atoms with Crippen LogP contribution in [0.2, 0.25) is 5.02 Å². The molecule has 0 aromatic heterocycles. The van der Waals surface area contributed by atoms with E-state index >= 15 is 0 Å². The molecule has 6 nitrogen and oxygen atoms in total. The predicted molar refractivity (Wildman–Crippen MR) is 126 cm³/mol. The smallest absolute Gasteiger partial charge is 0.271 e. The molecule has 0 saturated carbocycles. The van der Waals surface area contributed by atoms with Gasteiger partial charge in [-0.25, -0.2) is 9.82 Å². The highest BCUT2D eigenvalue weighted by Gasteiger charge is 2.11. The van der Waals surface area contributed by atoms with Crippen LogP contribution in [-0.4, -0.2) is 25.8 Å². The summed E-state index contributed by atoms with van der Waals surface area (Å²) in [6, 6.07) is 16.0. The van der Waals surface area contributed by atoms with Crippen molar-refractivity contribution in [2.45, 2.75) is 20.0 Å². The quantitative estimate of drug-likeness (QED) is 0.308. The molecule has 0 aliphatic carbocycles. The number of methoxy groups -OCH3 is 1. The maximum absolute atomic E-state index is 13.1. The predicted octanol–water partition coefficient (Wildman–Crippen LogP) is 5.62. The van der Waals surface area contributed by atoms with E-state index in [4.69, 9.17) is 25.8 Å². The maximum Gasteiger partial charge on any atom is 0.271 e. The van der Waals surface area contributed by atoms with Gasteiger partial charge in [0.15, 0.2) is 11.5 Å². The first-order valence-corrected chi connectivity index (χ1v) is 10.7. The Morgan fingerprint density at radius 3 is 2.52 bits per heavy atom. The van der Waals surface area contributed by atoms with Gasteiger partial charge in [-0.1, -0.05) is 30.7 Å². The Balaban J connectivity index is 1.67. The monoisotopic (exact) mass is 470 g/mol. The third kappa shape index (κ3) is 6.95. The van der Waals surface area contributed by atoms with E-state index in [1.165, 1.54) is 25.5 Å². The summed E-state index contributed by atoms with van der Waals surface area (Å²) < 4.78 is 29.8. The van der Waals surface area contributed by atoms with Gasteiger partial charge in [0.1, 0.15) is 18.2 Å². The molecular formula is C25H24ClFN2O4. The van der Waals surface area contributed by atoms with E-state index in [0.717, 1.165) is 12.0 Å². The summed E-state index contributed by atoms with van der Waals surface area (Å²) in [5.74, 6) is 0.824. The van der Waals surface area contributed by atoms with Crippen LogP contribution in [-0.2, 0) is 6.61 Å². The van der Waals surface area contributed by atoms with Crippen LogP contribution in [0.3, 0.4) is 0 Å². The number of hydrazone groups is 1. The van der Waals surface area contributed by atoms with E-state index in [0.29, 0.717) is 40.0 Å². The average molecular weight is 471 g/mol. The van der Waals surface area contributed by atoms with Crippen LogP contribution in [0.5, 0.6) is 17.2 Å². The van der Waals surface area contributed by atoms with Crippen molar-refractivity contribution in [2.75, 3.05) is 13.7 Å². The van der Waals surface area contributed by atoms with E-state index in [9.17, 15) is 9.18 Å². The van der Waals surface area contributed by atoms with Crippen molar-refractivity contribution in [1.82, 2.24) is 5.43 Å². The molecule has 0 radical (unpaired) electrons. The molecule has 33 heavy (non-hydrogen) atoms. The van der Waals surface area contributed by atoms with Crippen LogP contribution in [0.4, 0.5) is 4.39 Å². The highest BCUT2D eigenvalue weighted by atomic mass is 35.5. The molecule has 0 aliphatic rings. The number of carbonyl (C=O) groups excluding carboxylic acids is 1. The van der Waals surface area contributed by atoms with Gasteiger partial charge in [-0.05, 0) is 60.5 Å². The Morgan fingerprint density at radius 2 is 1.79 bits per heavy atom. The van der Waals surface area contributed by atoms with E-state index in [2.05, 4.69) is 10.5 Å². The number of benzene rings is 3. The number of halogens is 2. The molecule has 3 aromatic rings. The molecule has 0 heterocycles. The number of rotatable bonds is 10. The first kappa shape index (κ1) is 24.1. The molecule has 0 saturated heterocycles. The molecule has 0 bridgehead atoms. The van der Waals surface area contributed by atoms with Gasteiger partial charge < -0.3 is 14.2 Å².